The molecule has 0 unspecified atom stereocenters. The van der Waals surface area contributed by atoms with Gasteiger partial charge < -0.3 is 10.2 Å². The smallest absolute Gasteiger partial charge is 0.264 e. The van der Waals surface area contributed by atoms with Crippen molar-refractivity contribution in [2.45, 2.75) is 51.1 Å². The number of carbonyl (C=O) groups is 2. The van der Waals surface area contributed by atoms with E-state index in [1.807, 2.05) is 38.1 Å². The molecule has 0 saturated carbocycles. The van der Waals surface area contributed by atoms with Crippen LogP contribution in [-0.2, 0) is 26.2 Å². The van der Waals surface area contributed by atoms with E-state index in [1.165, 1.54) is 35.2 Å². The van der Waals surface area contributed by atoms with E-state index in [2.05, 4.69) is 21.2 Å². The van der Waals surface area contributed by atoms with Crippen molar-refractivity contribution in [3.05, 3.63) is 92.4 Å². The summed E-state index contributed by atoms with van der Waals surface area (Å²) in [4.78, 5) is 28.4. The SMILES string of the molecule is CCCCNC(=O)[C@H](C)N(Cc1cccc(Br)c1)C(=O)CN(c1cc(Cl)ccc1Cl)S(=O)(=O)c1ccc(C)cc1. The molecular weight excluding hydrogens is 637 g/mol. The first-order valence-corrected chi connectivity index (χ1v) is 15.8. The number of unbranched alkanes of at least 4 members (excludes halogenated alkanes) is 1. The van der Waals surface area contributed by atoms with Crippen LogP contribution < -0.4 is 9.62 Å². The maximum absolute atomic E-state index is 14.0. The van der Waals surface area contributed by atoms with Crippen LogP contribution in [-0.4, -0.2) is 44.3 Å². The van der Waals surface area contributed by atoms with Crippen LogP contribution in [0.15, 0.2) is 76.1 Å². The summed E-state index contributed by atoms with van der Waals surface area (Å²) in [6.07, 6.45) is 1.70. The fraction of sp³-hybridized carbons (Fsp3) is 0.310. The third-order valence-corrected chi connectivity index (χ3v) is 9.13. The molecule has 3 aromatic carbocycles. The van der Waals surface area contributed by atoms with E-state index in [-0.39, 0.29) is 33.1 Å². The molecule has 0 bridgehead atoms. The van der Waals surface area contributed by atoms with Crippen LogP contribution in [0.3, 0.4) is 0 Å². The average Bonchev–Trinajstić information content (AvgIpc) is 2.91. The van der Waals surface area contributed by atoms with Crippen molar-refractivity contribution in [2.75, 3.05) is 17.4 Å². The van der Waals surface area contributed by atoms with E-state index in [0.717, 1.165) is 32.7 Å². The third kappa shape index (κ3) is 8.22. The summed E-state index contributed by atoms with van der Waals surface area (Å²) >= 11 is 16.1. The van der Waals surface area contributed by atoms with Crippen molar-refractivity contribution in [3.63, 3.8) is 0 Å². The molecule has 11 heteroatoms. The number of carbonyl (C=O) groups excluding carboxylic acids is 2. The minimum atomic E-state index is -4.25. The van der Waals surface area contributed by atoms with Crippen LogP contribution in [0.4, 0.5) is 5.69 Å². The topological polar surface area (TPSA) is 86.8 Å². The fourth-order valence-electron chi connectivity index (χ4n) is 3.98. The van der Waals surface area contributed by atoms with Crippen LogP contribution in [0.5, 0.6) is 0 Å². The molecule has 3 aromatic rings. The summed E-state index contributed by atoms with van der Waals surface area (Å²) < 4.78 is 29.6. The van der Waals surface area contributed by atoms with E-state index in [1.54, 1.807) is 19.1 Å². The molecule has 0 aliphatic rings. The summed E-state index contributed by atoms with van der Waals surface area (Å²) in [7, 11) is -4.25. The molecule has 7 nitrogen and oxygen atoms in total. The minimum Gasteiger partial charge on any atom is -0.354 e. The van der Waals surface area contributed by atoms with Crippen molar-refractivity contribution < 1.29 is 18.0 Å². The number of aryl methyl sites for hydroxylation is 1. The second kappa shape index (κ2) is 14.3. The Kier molecular flexibility index (Phi) is 11.5. The zero-order valence-corrected chi connectivity index (χ0v) is 26.4. The number of nitrogens with zero attached hydrogens (tertiary/aromatic N) is 2. The molecule has 0 radical (unpaired) electrons. The van der Waals surface area contributed by atoms with Crippen LogP contribution in [0.1, 0.15) is 37.8 Å². The van der Waals surface area contributed by atoms with Gasteiger partial charge in [0.15, 0.2) is 0 Å². The molecule has 0 heterocycles. The molecule has 1 atom stereocenters. The van der Waals surface area contributed by atoms with Crippen molar-refractivity contribution in [1.29, 1.82) is 0 Å². The molecule has 0 saturated heterocycles. The Morgan fingerprint density at radius 2 is 1.73 bits per heavy atom. The van der Waals surface area contributed by atoms with Gasteiger partial charge in [0.25, 0.3) is 10.0 Å². The van der Waals surface area contributed by atoms with Gasteiger partial charge in [-0.25, -0.2) is 8.42 Å². The van der Waals surface area contributed by atoms with E-state index >= 15 is 0 Å². The predicted octanol–water partition coefficient (Wildman–Crippen LogP) is 6.59. The lowest BCUT2D eigenvalue weighted by Crippen LogP contribution is -2.51. The number of hydrogen-bond donors (Lipinski definition) is 1. The zero-order valence-electron chi connectivity index (χ0n) is 22.5. The van der Waals surface area contributed by atoms with E-state index in [4.69, 9.17) is 23.2 Å². The molecule has 0 aliphatic heterocycles. The molecule has 0 aliphatic carbocycles. The Morgan fingerprint density at radius 3 is 2.38 bits per heavy atom. The van der Waals surface area contributed by atoms with Crippen molar-refractivity contribution in [2.24, 2.45) is 0 Å². The number of amides is 2. The Bertz CT molecular complexity index is 1450. The summed E-state index contributed by atoms with van der Waals surface area (Å²) in [5, 5.41) is 3.23. The maximum atomic E-state index is 14.0. The zero-order chi connectivity index (χ0) is 29.4. The number of rotatable bonds is 12. The van der Waals surface area contributed by atoms with Gasteiger partial charge in [-0.1, -0.05) is 82.3 Å². The third-order valence-electron chi connectivity index (χ3n) is 6.30. The van der Waals surface area contributed by atoms with Gasteiger partial charge in [-0.3, -0.25) is 13.9 Å². The first kappa shape index (κ1) is 31.9. The minimum absolute atomic E-state index is 0.00848. The number of hydrogen-bond acceptors (Lipinski definition) is 4. The van der Waals surface area contributed by atoms with Crippen LogP contribution in [0, 0.1) is 6.92 Å². The molecule has 214 valence electrons. The van der Waals surface area contributed by atoms with Crippen molar-refractivity contribution >= 4 is 66.7 Å². The molecule has 1 N–H and O–H groups in total. The highest BCUT2D eigenvalue weighted by Gasteiger charge is 2.33. The predicted molar refractivity (Wildman–Crippen MR) is 164 cm³/mol. The monoisotopic (exact) mass is 667 g/mol. The van der Waals surface area contributed by atoms with Gasteiger partial charge in [0.05, 0.1) is 15.6 Å². The summed E-state index contributed by atoms with van der Waals surface area (Å²) in [5.74, 6) is -0.907. The quantitative estimate of drug-likeness (QED) is 0.221. The highest BCUT2D eigenvalue weighted by Crippen LogP contribution is 2.33. The van der Waals surface area contributed by atoms with Gasteiger partial charge in [0.2, 0.25) is 11.8 Å². The normalized spacial score (nSPS) is 12.1. The molecule has 40 heavy (non-hydrogen) atoms. The van der Waals surface area contributed by atoms with Gasteiger partial charge in [0, 0.05) is 22.6 Å². The number of benzene rings is 3. The molecule has 3 rings (SSSR count). The first-order chi connectivity index (χ1) is 18.9. The van der Waals surface area contributed by atoms with Crippen LogP contribution in [0.2, 0.25) is 10.0 Å². The van der Waals surface area contributed by atoms with Gasteiger partial charge in [-0.2, -0.15) is 0 Å². The highest BCUT2D eigenvalue weighted by atomic mass is 79.9. The molecular formula is C29H32BrCl2N3O4S. The standard InChI is InChI=1S/C29H32BrCl2N3O4S/c1-4-5-15-33-29(37)21(3)34(18-22-7-6-8-23(30)16-22)28(36)19-35(27-17-24(31)11-14-26(27)32)40(38,39)25-12-9-20(2)10-13-25/h6-14,16-17,21H,4-5,15,18-19H2,1-3H3,(H,33,37)/t21-/m0/s1. The van der Waals surface area contributed by atoms with Crippen molar-refractivity contribution in [3.8, 4) is 0 Å². The molecule has 0 fully saturated rings. The van der Waals surface area contributed by atoms with E-state index < -0.39 is 28.5 Å². The lowest BCUT2D eigenvalue weighted by atomic mass is 10.1. The first-order valence-electron chi connectivity index (χ1n) is 12.8. The van der Waals surface area contributed by atoms with E-state index in [0.29, 0.717) is 6.54 Å². The second-order valence-corrected chi connectivity index (χ2v) is 13.0. The van der Waals surface area contributed by atoms with Gasteiger partial charge >= 0.3 is 0 Å². The number of nitrogens with one attached hydrogen (secondary N) is 1. The lowest BCUT2D eigenvalue weighted by molar-refractivity contribution is -0.139. The summed E-state index contributed by atoms with van der Waals surface area (Å²) in [6.45, 7) is 5.45. The average molecular weight is 669 g/mol. The van der Waals surface area contributed by atoms with Gasteiger partial charge in [0.1, 0.15) is 12.6 Å². The van der Waals surface area contributed by atoms with Gasteiger partial charge in [-0.15, -0.1) is 0 Å². The summed E-state index contributed by atoms with van der Waals surface area (Å²) in [5.41, 5.74) is 1.71. The Balaban J connectivity index is 2.04. The molecule has 0 spiro atoms. The maximum Gasteiger partial charge on any atom is 0.264 e. The number of anilines is 1. The van der Waals surface area contributed by atoms with Crippen LogP contribution >= 0.6 is 39.1 Å². The summed E-state index contributed by atoms with van der Waals surface area (Å²) in [6, 6.07) is 17.2. The lowest BCUT2D eigenvalue weighted by Gasteiger charge is -2.32. The number of halogens is 3. The Hall–Kier alpha value is -2.59. The largest absolute Gasteiger partial charge is 0.354 e. The fourth-order valence-corrected chi connectivity index (χ4v) is 6.29. The second-order valence-electron chi connectivity index (χ2n) is 9.39. The molecule has 2 amide bonds. The Morgan fingerprint density at radius 1 is 1.02 bits per heavy atom. The van der Waals surface area contributed by atoms with Gasteiger partial charge in [-0.05, 0) is 68.3 Å². The highest BCUT2D eigenvalue weighted by molar-refractivity contribution is 9.10. The van der Waals surface area contributed by atoms with Crippen LogP contribution in [0.25, 0.3) is 0 Å². The van der Waals surface area contributed by atoms with Crippen molar-refractivity contribution in [1.82, 2.24) is 10.2 Å². The molecule has 0 aromatic heterocycles. The Labute approximate surface area is 254 Å². The number of sulfonamides is 1. The van der Waals surface area contributed by atoms with E-state index in [9.17, 15) is 18.0 Å².